The zero-order valence-corrected chi connectivity index (χ0v) is 8.65. The van der Waals surface area contributed by atoms with Crippen molar-refractivity contribution in [1.82, 2.24) is 25.5 Å². The number of hydrogen-bond acceptors (Lipinski definition) is 4. The normalized spacial score (nSPS) is 15.7. The van der Waals surface area contributed by atoms with Crippen molar-refractivity contribution in [3.63, 3.8) is 0 Å². The van der Waals surface area contributed by atoms with Gasteiger partial charge < -0.3 is 5.32 Å². The van der Waals surface area contributed by atoms with Gasteiger partial charge in [-0.3, -0.25) is 0 Å². The molecule has 5 heteroatoms. The van der Waals surface area contributed by atoms with E-state index in [1.165, 1.54) is 0 Å². The Hall–Kier alpha value is -0.970. The van der Waals surface area contributed by atoms with Crippen LogP contribution in [0.1, 0.15) is 32.0 Å². The van der Waals surface area contributed by atoms with Gasteiger partial charge >= 0.3 is 0 Å². The maximum atomic E-state index is 3.99. The van der Waals surface area contributed by atoms with Gasteiger partial charge in [0.25, 0.3) is 0 Å². The Balaban J connectivity index is 2.77. The average Bonchev–Trinajstić information content (AvgIpc) is 2.53. The van der Waals surface area contributed by atoms with Gasteiger partial charge in [-0.05, 0) is 23.9 Å². The van der Waals surface area contributed by atoms with Crippen LogP contribution in [0.4, 0.5) is 0 Å². The van der Waals surface area contributed by atoms with E-state index in [2.05, 4.69) is 34.7 Å². The van der Waals surface area contributed by atoms with Crippen molar-refractivity contribution in [1.29, 1.82) is 0 Å². The predicted octanol–water partition coefficient (Wildman–Crippen LogP) is 0.312. The zero-order chi connectivity index (χ0) is 9.84. The largest absolute Gasteiger partial charge is 0.316 e. The summed E-state index contributed by atoms with van der Waals surface area (Å²) in [4.78, 5) is 0. The number of aryl methyl sites for hydroxylation is 1. The highest BCUT2D eigenvalue weighted by molar-refractivity contribution is 4.96. The van der Waals surface area contributed by atoms with Gasteiger partial charge in [0.2, 0.25) is 0 Å². The molecule has 2 unspecified atom stereocenters. The van der Waals surface area contributed by atoms with E-state index in [1.54, 1.807) is 4.68 Å². The molecule has 1 heterocycles. The van der Waals surface area contributed by atoms with Crippen LogP contribution in [0.15, 0.2) is 0 Å². The Bertz CT molecular complexity index is 253. The van der Waals surface area contributed by atoms with Gasteiger partial charge in [-0.1, -0.05) is 13.8 Å². The second-order valence-electron chi connectivity index (χ2n) is 3.25. The average molecular weight is 183 g/mol. The maximum absolute atomic E-state index is 3.99. The van der Waals surface area contributed by atoms with E-state index >= 15 is 0 Å². The molecule has 2 atom stereocenters. The Kier molecular flexibility index (Phi) is 3.36. The summed E-state index contributed by atoms with van der Waals surface area (Å²) in [5.41, 5.74) is 0. The first-order valence-corrected chi connectivity index (χ1v) is 4.60. The first-order chi connectivity index (χ1) is 6.20. The zero-order valence-electron chi connectivity index (χ0n) is 8.65. The molecule has 13 heavy (non-hydrogen) atoms. The van der Waals surface area contributed by atoms with Gasteiger partial charge in [-0.15, -0.1) is 5.10 Å². The van der Waals surface area contributed by atoms with Crippen molar-refractivity contribution < 1.29 is 0 Å². The number of tetrazole rings is 1. The number of aromatic nitrogens is 4. The predicted molar refractivity (Wildman–Crippen MR) is 50.4 cm³/mol. The Labute approximate surface area is 78.5 Å². The minimum absolute atomic E-state index is 0.343. The topological polar surface area (TPSA) is 55.6 Å². The standard InChI is InChI=1S/C8H17N5/c1-5-7(9-3)6(2)8-10-11-12-13(8)4/h6-7,9H,5H2,1-4H3. The van der Waals surface area contributed by atoms with Crippen LogP contribution < -0.4 is 5.32 Å². The van der Waals surface area contributed by atoms with E-state index in [4.69, 9.17) is 0 Å². The molecule has 0 amide bonds. The summed E-state index contributed by atoms with van der Waals surface area (Å²) in [7, 11) is 3.84. The number of nitrogens with one attached hydrogen (secondary N) is 1. The number of rotatable bonds is 4. The lowest BCUT2D eigenvalue weighted by Gasteiger charge is -2.20. The molecule has 1 aromatic heterocycles. The van der Waals surface area contributed by atoms with E-state index in [9.17, 15) is 0 Å². The van der Waals surface area contributed by atoms with Crippen molar-refractivity contribution in [2.45, 2.75) is 32.2 Å². The molecule has 0 aliphatic carbocycles. The fourth-order valence-corrected chi connectivity index (χ4v) is 1.61. The lowest BCUT2D eigenvalue weighted by Crippen LogP contribution is -2.31. The van der Waals surface area contributed by atoms with Crippen molar-refractivity contribution >= 4 is 0 Å². The molecule has 0 saturated heterocycles. The molecule has 1 aromatic rings. The third-order valence-electron chi connectivity index (χ3n) is 2.47. The van der Waals surface area contributed by atoms with E-state index in [0.29, 0.717) is 12.0 Å². The van der Waals surface area contributed by atoms with Crippen molar-refractivity contribution in [3.05, 3.63) is 5.82 Å². The Morgan fingerprint density at radius 3 is 2.62 bits per heavy atom. The fourth-order valence-electron chi connectivity index (χ4n) is 1.61. The smallest absolute Gasteiger partial charge is 0.155 e. The highest BCUT2D eigenvalue weighted by Gasteiger charge is 2.19. The third kappa shape index (κ3) is 2.03. The molecule has 0 fully saturated rings. The van der Waals surface area contributed by atoms with Crippen LogP contribution in [0.5, 0.6) is 0 Å². The van der Waals surface area contributed by atoms with Gasteiger partial charge in [0.05, 0.1) is 0 Å². The monoisotopic (exact) mass is 183 g/mol. The molecular weight excluding hydrogens is 166 g/mol. The molecule has 0 bridgehead atoms. The highest BCUT2D eigenvalue weighted by Crippen LogP contribution is 2.16. The molecule has 0 aliphatic rings. The lowest BCUT2D eigenvalue weighted by molar-refractivity contribution is 0.444. The quantitative estimate of drug-likeness (QED) is 0.730. The molecule has 0 aliphatic heterocycles. The van der Waals surface area contributed by atoms with Crippen LogP contribution in [-0.4, -0.2) is 33.3 Å². The van der Waals surface area contributed by atoms with Crippen LogP contribution in [0.25, 0.3) is 0 Å². The minimum Gasteiger partial charge on any atom is -0.316 e. The summed E-state index contributed by atoms with van der Waals surface area (Å²) >= 11 is 0. The van der Waals surface area contributed by atoms with E-state index in [-0.39, 0.29) is 0 Å². The SMILES string of the molecule is CCC(NC)C(C)c1nnnn1C. The van der Waals surface area contributed by atoms with Crippen LogP contribution in [0, 0.1) is 0 Å². The van der Waals surface area contributed by atoms with Crippen LogP contribution >= 0.6 is 0 Å². The first kappa shape index (κ1) is 10.1. The van der Waals surface area contributed by atoms with E-state index in [0.717, 1.165) is 12.2 Å². The summed E-state index contributed by atoms with van der Waals surface area (Å²) < 4.78 is 1.73. The van der Waals surface area contributed by atoms with Crippen molar-refractivity contribution in [3.8, 4) is 0 Å². The molecular formula is C8H17N5. The molecule has 0 radical (unpaired) electrons. The lowest BCUT2D eigenvalue weighted by atomic mass is 9.99. The first-order valence-electron chi connectivity index (χ1n) is 4.60. The summed E-state index contributed by atoms with van der Waals surface area (Å²) in [6.45, 7) is 4.29. The second-order valence-corrected chi connectivity index (χ2v) is 3.25. The molecule has 0 spiro atoms. The summed E-state index contributed by atoms with van der Waals surface area (Å²) in [5.74, 6) is 1.27. The van der Waals surface area contributed by atoms with Crippen molar-refractivity contribution in [2.75, 3.05) is 7.05 Å². The Morgan fingerprint density at radius 1 is 1.54 bits per heavy atom. The van der Waals surface area contributed by atoms with Gasteiger partial charge in [-0.25, -0.2) is 4.68 Å². The van der Waals surface area contributed by atoms with Crippen LogP contribution in [-0.2, 0) is 7.05 Å². The van der Waals surface area contributed by atoms with Gasteiger partial charge in [0.15, 0.2) is 5.82 Å². The summed E-state index contributed by atoms with van der Waals surface area (Å²) in [6.07, 6.45) is 1.07. The van der Waals surface area contributed by atoms with Gasteiger partial charge in [0.1, 0.15) is 0 Å². The third-order valence-corrected chi connectivity index (χ3v) is 2.47. The molecule has 5 nitrogen and oxygen atoms in total. The molecule has 0 saturated carbocycles. The molecule has 1 N–H and O–H groups in total. The molecule has 1 rings (SSSR count). The van der Waals surface area contributed by atoms with Crippen LogP contribution in [0.2, 0.25) is 0 Å². The van der Waals surface area contributed by atoms with Crippen LogP contribution in [0.3, 0.4) is 0 Å². The van der Waals surface area contributed by atoms with Gasteiger partial charge in [-0.2, -0.15) is 0 Å². The minimum atomic E-state index is 0.343. The number of nitrogens with zero attached hydrogens (tertiary/aromatic N) is 4. The summed E-state index contributed by atoms with van der Waals surface area (Å²) in [6, 6.07) is 0.435. The molecule has 74 valence electrons. The number of likely N-dealkylation sites (N-methyl/N-ethyl adjacent to an activating group) is 1. The Morgan fingerprint density at radius 2 is 2.23 bits per heavy atom. The van der Waals surface area contributed by atoms with Crippen molar-refractivity contribution in [2.24, 2.45) is 7.05 Å². The summed E-state index contributed by atoms with van der Waals surface area (Å²) in [5, 5.41) is 14.7. The maximum Gasteiger partial charge on any atom is 0.155 e. The molecule has 0 aromatic carbocycles. The van der Waals surface area contributed by atoms with Gasteiger partial charge in [0, 0.05) is 19.0 Å². The van der Waals surface area contributed by atoms with E-state index < -0.39 is 0 Å². The number of hydrogen-bond donors (Lipinski definition) is 1. The second kappa shape index (κ2) is 4.32. The fraction of sp³-hybridized carbons (Fsp3) is 0.875. The highest BCUT2D eigenvalue weighted by atomic mass is 15.5. The van der Waals surface area contributed by atoms with E-state index in [1.807, 2.05) is 14.1 Å².